The predicted octanol–water partition coefficient (Wildman–Crippen LogP) is 2.26. The highest BCUT2D eigenvalue weighted by Gasteiger charge is 2.43. The molecule has 0 aliphatic rings. The van der Waals surface area contributed by atoms with Crippen molar-refractivity contribution < 1.29 is 46.2 Å². The first kappa shape index (κ1) is 38.3. The summed E-state index contributed by atoms with van der Waals surface area (Å²) >= 11 is 0. The molecular formula is C29H58ClNO6. The first-order valence-corrected chi connectivity index (χ1v) is 14.3. The first-order valence-electron chi connectivity index (χ1n) is 14.3. The normalized spacial score (nSPS) is 14.4. The second-order valence-electron chi connectivity index (χ2n) is 12.1. The molecule has 8 heteroatoms. The van der Waals surface area contributed by atoms with Gasteiger partial charge in [0.2, 0.25) is 0 Å². The van der Waals surface area contributed by atoms with E-state index in [-0.39, 0.29) is 31.4 Å². The number of aliphatic hydroxyl groups excluding tert-OH is 2. The summed E-state index contributed by atoms with van der Waals surface area (Å²) in [5.41, 5.74) is -1.74. The lowest BCUT2D eigenvalue weighted by Crippen LogP contribution is -3.00. The van der Waals surface area contributed by atoms with Crippen LogP contribution in [0.2, 0.25) is 0 Å². The van der Waals surface area contributed by atoms with Crippen LogP contribution >= 0.6 is 0 Å². The van der Waals surface area contributed by atoms with E-state index in [0.29, 0.717) is 13.0 Å². The van der Waals surface area contributed by atoms with Crippen molar-refractivity contribution in [3.63, 3.8) is 0 Å². The van der Waals surface area contributed by atoms with Crippen molar-refractivity contribution in [1.82, 2.24) is 0 Å². The van der Waals surface area contributed by atoms with Gasteiger partial charge in [0, 0.05) is 0 Å². The van der Waals surface area contributed by atoms with Crippen LogP contribution in [0.1, 0.15) is 112 Å². The Morgan fingerprint density at radius 3 is 1.81 bits per heavy atom. The Kier molecular flexibility index (Phi) is 20.8. The van der Waals surface area contributed by atoms with Crippen molar-refractivity contribution in [2.75, 3.05) is 47.0 Å². The summed E-state index contributed by atoms with van der Waals surface area (Å²) < 4.78 is 11.7. The fourth-order valence-corrected chi connectivity index (χ4v) is 4.51. The summed E-state index contributed by atoms with van der Waals surface area (Å²) in [5.74, 6) is -0.794. The Morgan fingerprint density at radius 1 is 0.811 bits per heavy atom. The molecule has 0 aliphatic carbocycles. The predicted molar refractivity (Wildman–Crippen MR) is 145 cm³/mol. The fourth-order valence-electron chi connectivity index (χ4n) is 4.51. The van der Waals surface area contributed by atoms with Crippen molar-refractivity contribution in [3.8, 4) is 0 Å². The number of rotatable bonds is 22. The van der Waals surface area contributed by atoms with Gasteiger partial charge in [0.05, 0.1) is 38.1 Å². The summed E-state index contributed by atoms with van der Waals surface area (Å²) in [5, 5.41) is 18.4. The van der Waals surface area contributed by atoms with Gasteiger partial charge in [-0.3, -0.25) is 9.59 Å². The number of esters is 2. The molecule has 0 aliphatic heterocycles. The van der Waals surface area contributed by atoms with Crippen LogP contribution in [0.25, 0.3) is 0 Å². The molecule has 0 spiro atoms. The van der Waals surface area contributed by atoms with E-state index in [1.54, 1.807) is 20.8 Å². The Bertz CT molecular complexity index is 613. The van der Waals surface area contributed by atoms with Gasteiger partial charge in [0.15, 0.2) is 0 Å². The monoisotopic (exact) mass is 551 g/mol. The van der Waals surface area contributed by atoms with Crippen molar-refractivity contribution in [3.05, 3.63) is 0 Å². The summed E-state index contributed by atoms with van der Waals surface area (Å²) in [4.78, 5) is 25.5. The highest BCUT2D eigenvalue weighted by Crippen LogP contribution is 2.38. The third-order valence-electron chi connectivity index (χ3n) is 7.32. The molecule has 0 aromatic carbocycles. The minimum Gasteiger partial charge on any atom is -1.00 e. The van der Waals surface area contributed by atoms with E-state index in [2.05, 4.69) is 21.0 Å². The summed E-state index contributed by atoms with van der Waals surface area (Å²) in [6, 6.07) is 0. The molecule has 0 saturated heterocycles. The van der Waals surface area contributed by atoms with E-state index < -0.39 is 29.5 Å². The highest BCUT2D eigenvalue weighted by atomic mass is 35.5. The van der Waals surface area contributed by atoms with Gasteiger partial charge in [0.25, 0.3) is 0 Å². The third-order valence-corrected chi connectivity index (χ3v) is 7.32. The average molecular weight is 552 g/mol. The lowest BCUT2D eigenvalue weighted by molar-refractivity contribution is -0.890. The van der Waals surface area contributed by atoms with Crippen LogP contribution in [0.5, 0.6) is 0 Å². The van der Waals surface area contributed by atoms with Crippen LogP contribution in [0, 0.1) is 10.8 Å². The lowest BCUT2D eigenvalue weighted by Gasteiger charge is -2.34. The number of likely N-dealkylation sites (N-methyl/N-ethyl adjacent to an activating group) is 1. The molecular weight excluding hydrogens is 494 g/mol. The minimum absolute atomic E-state index is 0. The average Bonchev–Trinajstić information content (AvgIpc) is 2.82. The zero-order chi connectivity index (χ0) is 27.7. The van der Waals surface area contributed by atoms with Gasteiger partial charge in [-0.1, -0.05) is 65.2 Å². The van der Waals surface area contributed by atoms with Gasteiger partial charge in [-0.2, -0.15) is 0 Å². The van der Waals surface area contributed by atoms with E-state index in [1.807, 2.05) is 6.92 Å². The maximum absolute atomic E-state index is 12.9. The standard InChI is InChI=1S/C29H58NO6.ClH/c1-8-10-11-12-13-14-15-16-17-18-19-30(6,7)20-21-35-26(33)28(3,4)24-29(5,9-2)27(34)36-23-25(32)22-31;/h25,31-32H,8-24H2,1-7H3;1H/q+1;/p-1. The summed E-state index contributed by atoms with van der Waals surface area (Å²) in [7, 11) is 4.36. The number of hydrogen-bond donors (Lipinski definition) is 2. The lowest BCUT2D eigenvalue weighted by atomic mass is 9.72. The molecule has 0 amide bonds. The number of halogens is 1. The van der Waals surface area contributed by atoms with Gasteiger partial charge >= 0.3 is 11.9 Å². The smallest absolute Gasteiger partial charge is 0.311 e. The molecule has 222 valence electrons. The van der Waals surface area contributed by atoms with Crippen LogP contribution in [0.15, 0.2) is 0 Å². The maximum Gasteiger partial charge on any atom is 0.311 e. The molecule has 2 N–H and O–H groups in total. The zero-order valence-electron chi connectivity index (χ0n) is 25.0. The Labute approximate surface area is 233 Å². The van der Waals surface area contributed by atoms with Crippen molar-refractivity contribution >= 4 is 11.9 Å². The van der Waals surface area contributed by atoms with Crippen LogP contribution < -0.4 is 12.4 Å². The minimum atomic E-state index is -1.10. The molecule has 0 saturated carbocycles. The van der Waals surface area contributed by atoms with E-state index >= 15 is 0 Å². The number of quaternary nitrogens is 1. The number of aliphatic hydroxyl groups is 2. The molecule has 0 radical (unpaired) electrons. The number of nitrogens with zero attached hydrogens (tertiary/aromatic N) is 1. The SMILES string of the molecule is CCCCCCCCCCCC[N+](C)(C)CCOC(=O)C(C)(C)CC(C)(CC)C(=O)OCC(O)CO.[Cl-]. The van der Waals surface area contributed by atoms with Crippen molar-refractivity contribution in [1.29, 1.82) is 0 Å². The van der Waals surface area contributed by atoms with Crippen LogP contribution in [-0.2, 0) is 19.1 Å². The maximum atomic E-state index is 12.9. The molecule has 0 aromatic rings. The molecule has 0 heterocycles. The van der Waals surface area contributed by atoms with Crippen molar-refractivity contribution in [2.24, 2.45) is 10.8 Å². The quantitative estimate of drug-likeness (QED) is 0.122. The number of hydrogen-bond acceptors (Lipinski definition) is 6. The molecule has 37 heavy (non-hydrogen) atoms. The molecule has 7 nitrogen and oxygen atoms in total. The highest BCUT2D eigenvalue weighted by molar-refractivity contribution is 5.80. The molecule has 0 rings (SSSR count). The number of carbonyl (C=O) groups excluding carboxylic acids is 2. The Balaban J connectivity index is 0. The van der Waals surface area contributed by atoms with E-state index in [1.165, 1.54) is 64.2 Å². The number of unbranched alkanes of at least 4 members (excludes halogenated alkanes) is 9. The molecule has 0 bridgehead atoms. The van der Waals surface area contributed by atoms with Crippen LogP contribution in [-0.4, -0.2) is 79.7 Å². The van der Waals surface area contributed by atoms with Crippen LogP contribution in [0.3, 0.4) is 0 Å². The summed E-state index contributed by atoms with van der Waals surface area (Å²) in [6.07, 6.45) is 12.9. The topological polar surface area (TPSA) is 93.1 Å². The van der Waals surface area contributed by atoms with E-state index in [4.69, 9.17) is 14.6 Å². The van der Waals surface area contributed by atoms with Gasteiger partial charge in [-0.25, -0.2) is 0 Å². The second-order valence-corrected chi connectivity index (χ2v) is 12.1. The van der Waals surface area contributed by atoms with Gasteiger partial charge < -0.3 is 36.6 Å². The fraction of sp³-hybridized carbons (Fsp3) is 0.931. The molecule has 2 unspecified atom stereocenters. The van der Waals surface area contributed by atoms with E-state index in [9.17, 15) is 14.7 Å². The van der Waals surface area contributed by atoms with Gasteiger partial charge in [-0.15, -0.1) is 0 Å². The number of ether oxygens (including phenoxy) is 2. The Hall–Kier alpha value is -0.890. The zero-order valence-corrected chi connectivity index (χ0v) is 25.7. The van der Waals surface area contributed by atoms with Crippen LogP contribution in [0.4, 0.5) is 0 Å². The van der Waals surface area contributed by atoms with Gasteiger partial charge in [0.1, 0.15) is 25.9 Å². The van der Waals surface area contributed by atoms with Gasteiger partial charge in [-0.05, 0) is 46.5 Å². The molecule has 0 fully saturated rings. The van der Waals surface area contributed by atoms with E-state index in [0.717, 1.165) is 17.6 Å². The van der Waals surface area contributed by atoms with Crippen molar-refractivity contribution in [2.45, 2.75) is 118 Å². The Morgan fingerprint density at radius 2 is 1.32 bits per heavy atom. The number of carbonyl (C=O) groups is 2. The first-order chi connectivity index (χ1) is 16.8. The molecule has 2 atom stereocenters. The third kappa shape index (κ3) is 17.3. The molecule has 0 aromatic heterocycles. The second kappa shape index (κ2) is 20.1. The largest absolute Gasteiger partial charge is 1.00 e. The summed E-state index contributed by atoms with van der Waals surface area (Å²) in [6.45, 7) is 10.9.